The van der Waals surface area contributed by atoms with E-state index in [2.05, 4.69) is 34.9 Å². The van der Waals surface area contributed by atoms with Gasteiger partial charge in [-0.2, -0.15) is 0 Å². The monoisotopic (exact) mass is 451 g/mol. The van der Waals surface area contributed by atoms with E-state index in [4.69, 9.17) is 9.47 Å². The van der Waals surface area contributed by atoms with E-state index in [1.165, 1.54) is 0 Å². The van der Waals surface area contributed by atoms with Gasteiger partial charge in [-0.1, -0.05) is 24.3 Å². The van der Waals surface area contributed by atoms with Gasteiger partial charge in [0.2, 0.25) is 5.91 Å². The van der Waals surface area contributed by atoms with E-state index in [1.807, 2.05) is 42.8 Å². The van der Waals surface area contributed by atoms with Crippen LogP contribution >= 0.6 is 0 Å². The lowest BCUT2D eigenvalue weighted by molar-refractivity contribution is -0.119. The predicted molar refractivity (Wildman–Crippen MR) is 129 cm³/mol. The molecule has 0 saturated carbocycles. The largest absolute Gasteiger partial charge is 0.461 e. The average Bonchev–Trinajstić information content (AvgIpc) is 3.44. The molecule has 1 unspecified atom stereocenters. The summed E-state index contributed by atoms with van der Waals surface area (Å²) in [6.45, 7) is 4.34. The number of aryl methyl sites for hydroxylation is 1. The first kappa shape index (κ1) is 23.3. The van der Waals surface area contributed by atoms with Gasteiger partial charge in [0, 0.05) is 43.3 Å². The molecule has 1 aliphatic carbocycles. The molecule has 0 bridgehead atoms. The third kappa shape index (κ3) is 5.37. The van der Waals surface area contributed by atoms with Crippen LogP contribution in [0.25, 0.3) is 10.9 Å². The smallest absolute Gasteiger partial charge is 0.354 e. The zero-order chi connectivity index (χ0) is 23.2. The minimum Gasteiger partial charge on any atom is -0.461 e. The number of benzene rings is 1. The minimum absolute atomic E-state index is 0.00957. The van der Waals surface area contributed by atoms with Gasteiger partial charge in [-0.15, -0.1) is 0 Å². The number of fused-ring (bicyclic) bond motifs is 1. The molecule has 0 radical (unpaired) electrons. The van der Waals surface area contributed by atoms with Crippen LogP contribution in [-0.4, -0.2) is 48.9 Å². The molecule has 2 heterocycles. The molecule has 33 heavy (non-hydrogen) atoms. The van der Waals surface area contributed by atoms with Crippen LogP contribution in [0.5, 0.6) is 0 Å². The maximum absolute atomic E-state index is 13.1. The van der Waals surface area contributed by atoms with E-state index in [9.17, 15) is 9.59 Å². The quantitative estimate of drug-likeness (QED) is 0.448. The van der Waals surface area contributed by atoms with E-state index >= 15 is 0 Å². The van der Waals surface area contributed by atoms with E-state index in [0.717, 1.165) is 36.0 Å². The number of aromatic nitrogens is 1. The molecule has 7 heteroatoms. The summed E-state index contributed by atoms with van der Waals surface area (Å²) in [6, 6.07) is 7.31. The molecule has 1 fully saturated rings. The molecule has 4 rings (SSSR count). The molecule has 7 nitrogen and oxygen atoms in total. The maximum atomic E-state index is 13.1. The number of ether oxygens (including phenoxy) is 2. The maximum Gasteiger partial charge on any atom is 0.354 e. The van der Waals surface area contributed by atoms with Gasteiger partial charge >= 0.3 is 5.97 Å². The Morgan fingerprint density at radius 3 is 2.88 bits per heavy atom. The van der Waals surface area contributed by atoms with Crippen LogP contribution in [-0.2, 0) is 21.3 Å². The number of esters is 1. The number of hydrogen-bond acceptors (Lipinski definition) is 5. The van der Waals surface area contributed by atoms with Crippen LogP contribution in [0.2, 0.25) is 0 Å². The summed E-state index contributed by atoms with van der Waals surface area (Å²) in [4.78, 5) is 25.6. The molecular weight excluding hydrogens is 418 g/mol. The van der Waals surface area contributed by atoms with Crippen molar-refractivity contribution in [1.82, 2.24) is 9.88 Å². The zero-order valence-electron chi connectivity index (χ0n) is 19.4. The zero-order valence-corrected chi connectivity index (χ0v) is 19.4. The average molecular weight is 452 g/mol. The second-order valence-electron chi connectivity index (χ2n) is 8.63. The first-order chi connectivity index (χ1) is 16.1. The van der Waals surface area contributed by atoms with Crippen LogP contribution in [0.15, 0.2) is 48.6 Å². The van der Waals surface area contributed by atoms with Crippen LogP contribution < -0.4 is 10.6 Å². The van der Waals surface area contributed by atoms with E-state index in [-0.39, 0.29) is 23.8 Å². The SMILES string of the molecule is CCOCCCOC(=O)c1cc2cc(NC(=O)[C@H]3NCC[C@H]3C3C=CC=CC3)ccc2n1C. The number of hydrogen-bond donors (Lipinski definition) is 2. The summed E-state index contributed by atoms with van der Waals surface area (Å²) in [5, 5.41) is 7.33. The normalized spacial score (nSPS) is 22.1. The third-order valence-electron chi connectivity index (χ3n) is 6.51. The molecular formula is C26H33N3O4. The third-order valence-corrected chi connectivity index (χ3v) is 6.51. The predicted octanol–water partition coefficient (Wildman–Crippen LogP) is 3.81. The Balaban J connectivity index is 1.41. The van der Waals surface area contributed by atoms with Crippen LogP contribution in [0.3, 0.4) is 0 Å². The van der Waals surface area contributed by atoms with Crippen molar-refractivity contribution in [2.75, 3.05) is 31.7 Å². The van der Waals surface area contributed by atoms with Crippen molar-refractivity contribution in [2.24, 2.45) is 18.9 Å². The Bertz CT molecular complexity index is 1060. The van der Waals surface area contributed by atoms with Crippen molar-refractivity contribution in [3.8, 4) is 0 Å². The molecule has 3 atom stereocenters. The molecule has 176 valence electrons. The van der Waals surface area contributed by atoms with E-state index < -0.39 is 0 Å². The van der Waals surface area contributed by atoms with Gasteiger partial charge in [0.25, 0.3) is 0 Å². The summed E-state index contributed by atoms with van der Waals surface area (Å²) >= 11 is 0. The van der Waals surface area contributed by atoms with Crippen LogP contribution in [0.4, 0.5) is 5.69 Å². The number of rotatable bonds is 9. The fourth-order valence-corrected chi connectivity index (χ4v) is 4.78. The molecule has 1 aromatic heterocycles. The molecule has 2 N–H and O–H groups in total. The van der Waals surface area contributed by atoms with Gasteiger partial charge in [-0.25, -0.2) is 4.79 Å². The first-order valence-electron chi connectivity index (χ1n) is 11.8. The number of carbonyl (C=O) groups excluding carboxylic acids is 2. The number of amides is 1. The Morgan fingerprint density at radius 2 is 2.09 bits per heavy atom. The molecule has 1 saturated heterocycles. The fraction of sp³-hybridized carbons (Fsp3) is 0.462. The second kappa shape index (κ2) is 10.8. The lowest BCUT2D eigenvalue weighted by Gasteiger charge is -2.26. The molecule has 0 spiro atoms. The van der Waals surface area contributed by atoms with Crippen molar-refractivity contribution in [2.45, 2.75) is 32.2 Å². The first-order valence-corrected chi connectivity index (χ1v) is 11.8. The Kier molecular flexibility index (Phi) is 7.62. The Labute approximate surface area is 194 Å². The van der Waals surface area contributed by atoms with Crippen molar-refractivity contribution in [3.05, 3.63) is 54.3 Å². The summed E-state index contributed by atoms with van der Waals surface area (Å²) in [5.41, 5.74) is 2.12. The highest BCUT2D eigenvalue weighted by Crippen LogP contribution is 2.31. The molecule has 2 aliphatic rings. The van der Waals surface area contributed by atoms with Crippen molar-refractivity contribution in [1.29, 1.82) is 0 Å². The second-order valence-corrected chi connectivity index (χ2v) is 8.63. The molecule has 1 aliphatic heterocycles. The summed E-state index contributed by atoms with van der Waals surface area (Å²) in [7, 11) is 1.84. The lowest BCUT2D eigenvalue weighted by Crippen LogP contribution is -2.42. The number of nitrogens with zero attached hydrogens (tertiary/aromatic N) is 1. The molecule has 1 amide bonds. The Hall–Kier alpha value is -2.90. The van der Waals surface area contributed by atoms with Crippen LogP contribution in [0.1, 0.15) is 36.7 Å². The van der Waals surface area contributed by atoms with Crippen LogP contribution in [0, 0.1) is 11.8 Å². The van der Waals surface area contributed by atoms with Gasteiger partial charge in [0.1, 0.15) is 5.69 Å². The van der Waals surface area contributed by atoms with E-state index in [1.54, 1.807) is 0 Å². The minimum atomic E-state index is -0.358. The Morgan fingerprint density at radius 1 is 1.21 bits per heavy atom. The van der Waals surface area contributed by atoms with E-state index in [0.29, 0.717) is 37.9 Å². The van der Waals surface area contributed by atoms with Gasteiger partial charge in [0.05, 0.1) is 12.6 Å². The van der Waals surface area contributed by atoms with Crippen molar-refractivity contribution >= 4 is 28.5 Å². The van der Waals surface area contributed by atoms with Gasteiger partial charge in [-0.05, 0) is 62.4 Å². The standard InChI is InChI=1S/C26H33N3O4/c1-3-32-14-7-15-33-26(31)23-17-19-16-20(10-11-22(19)29(23)2)28-25(30)24-21(12-13-27-24)18-8-5-4-6-9-18/h4-6,8,10-11,16-18,21,24,27H,3,7,9,12-15H2,1-2H3,(H,28,30)/t18?,21-,24-/m0/s1. The lowest BCUT2D eigenvalue weighted by atomic mass is 9.82. The van der Waals surface area contributed by atoms with Gasteiger partial charge in [0.15, 0.2) is 0 Å². The molecule has 2 aromatic rings. The highest BCUT2D eigenvalue weighted by molar-refractivity contribution is 6.00. The summed E-state index contributed by atoms with van der Waals surface area (Å²) < 4.78 is 12.5. The molecule has 1 aromatic carbocycles. The summed E-state index contributed by atoms with van der Waals surface area (Å²) in [6.07, 6.45) is 11.2. The number of nitrogens with one attached hydrogen (secondary N) is 2. The van der Waals surface area contributed by atoms with Gasteiger partial charge in [-0.3, -0.25) is 4.79 Å². The summed E-state index contributed by atoms with van der Waals surface area (Å²) in [5.74, 6) is 0.309. The number of allylic oxidation sites excluding steroid dienone is 4. The van der Waals surface area contributed by atoms with Gasteiger partial charge < -0.3 is 24.7 Å². The highest BCUT2D eigenvalue weighted by atomic mass is 16.5. The highest BCUT2D eigenvalue weighted by Gasteiger charge is 2.36. The van der Waals surface area contributed by atoms with Crippen molar-refractivity contribution < 1.29 is 19.1 Å². The number of carbonyl (C=O) groups is 2. The topological polar surface area (TPSA) is 81.6 Å². The number of anilines is 1. The fourth-order valence-electron chi connectivity index (χ4n) is 4.78. The van der Waals surface area contributed by atoms with Crippen molar-refractivity contribution in [3.63, 3.8) is 0 Å².